The molecule has 0 saturated carbocycles. The van der Waals surface area contributed by atoms with Crippen molar-refractivity contribution in [3.8, 4) is 0 Å². The molecule has 3 aromatic rings. The van der Waals surface area contributed by atoms with Gasteiger partial charge in [0.05, 0.1) is 5.92 Å². The molecule has 5 nitrogen and oxygen atoms in total. The zero-order chi connectivity index (χ0) is 20.5. The van der Waals surface area contributed by atoms with E-state index in [1.165, 1.54) is 27.7 Å². The van der Waals surface area contributed by atoms with E-state index in [9.17, 15) is 9.90 Å². The van der Waals surface area contributed by atoms with Crippen LogP contribution in [0.5, 0.6) is 0 Å². The van der Waals surface area contributed by atoms with E-state index < -0.39 is 11.9 Å². The van der Waals surface area contributed by atoms with Gasteiger partial charge in [-0.05, 0) is 49.7 Å². The summed E-state index contributed by atoms with van der Waals surface area (Å²) in [5.74, 6) is -1.29. The number of aliphatic carboxylic acids is 1. The van der Waals surface area contributed by atoms with E-state index in [-0.39, 0.29) is 5.92 Å². The highest BCUT2D eigenvalue weighted by Gasteiger charge is 2.31. The van der Waals surface area contributed by atoms with Crippen LogP contribution in [0.4, 0.5) is 0 Å². The summed E-state index contributed by atoms with van der Waals surface area (Å²) in [6.07, 6.45) is 5.15. The molecule has 1 aliphatic rings. The van der Waals surface area contributed by atoms with Gasteiger partial charge in [-0.3, -0.25) is 9.78 Å². The lowest BCUT2D eigenvalue weighted by atomic mass is 9.84. The second kappa shape index (κ2) is 7.99. The number of rotatable bonds is 6. The maximum Gasteiger partial charge on any atom is 0.307 e. The average molecular weight is 392 g/mol. The van der Waals surface area contributed by atoms with Crippen LogP contribution >= 0.6 is 0 Å². The third-order valence-corrected chi connectivity index (χ3v) is 6.34. The van der Waals surface area contributed by atoms with E-state index in [0.717, 1.165) is 25.1 Å². The smallest absolute Gasteiger partial charge is 0.307 e. The first-order valence-corrected chi connectivity index (χ1v) is 10.4. The van der Waals surface area contributed by atoms with Crippen molar-refractivity contribution < 1.29 is 9.90 Å². The topological polar surface area (TPSA) is 58.4 Å². The number of aryl methyl sites for hydroxylation is 1. The lowest BCUT2D eigenvalue weighted by molar-refractivity contribution is -0.142. The predicted molar refractivity (Wildman–Crippen MR) is 115 cm³/mol. The van der Waals surface area contributed by atoms with Gasteiger partial charge in [-0.25, -0.2) is 0 Å². The van der Waals surface area contributed by atoms with Gasteiger partial charge in [0, 0.05) is 61.0 Å². The number of carboxylic acids is 1. The van der Waals surface area contributed by atoms with Crippen LogP contribution in [0.15, 0.2) is 42.7 Å². The molecule has 0 amide bonds. The first kappa shape index (κ1) is 19.6. The molecule has 4 rings (SSSR count). The Morgan fingerprint density at radius 3 is 2.83 bits per heavy atom. The quantitative estimate of drug-likeness (QED) is 0.683. The minimum atomic E-state index is -0.734. The van der Waals surface area contributed by atoms with Crippen LogP contribution in [0.25, 0.3) is 10.9 Å². The Kier molecular flexibility index (Phi) is 5.41. The minimum absolute atomic E-state index is 0.119. The summed E-state index contributed by atoms with van der Waals surface area (Å²) in [5, 5.41) is 11.2. The summed E-state index contributed by atoms with van der Waals surface area (Å²) >= 11 is 0. The van der Waals surface area contributed by atoms with Gasteiger partial charge < -0.3 is 14.6 Å². The number of aromatic nitrogens is 2. The van der Waals surface area contributed by atoms with Crippen LogP contribution in [0, 0.1) is 12.8 Å². The van der Waals surface area contributed by atoms with E-state index in [2.05, 4.69) is 46.6 Å². The third-order valence-electron chi connectivity index (χ3n) is 6.34. The number of benzene rings is 1. The van der Waals surface area contributed by atoms with E-state index in [1.807, 2.05) is 25.3 Å². The van der Waals surface area contributed by atoms with Crippen molar-refractivity contribution >= 4 is 16.9 Å². The molecule has 152 valence electrons. The number of hydrogen-bond donors (Lipinski definition) is 1. The number of pyridine rings is 1. The lowest BCUT2D eigenvalue weighted by Crippen LogP contribution is -2.29. The molecule has 3 heterocycles. The summed E-state index contributed by atoms with van der Waals surface area (Å²) in [7, 11) is 2.16. The fourth-order valence-electron chi connectivity index (χ4n) is 4.80. The average Bonchev–Trinajstić information content (AvgIpc) is 3.00. The Balaban J connectivity index is 1.85. The molecule has 0 aliphatic carbocycles. The van der Waals surface area contributed by atoms with E-state index in [4.69, 9.17) is 0 Å². The minimum Gasteiger partial charge on any atom is -0.481 e. The third kappa shape index (κ3) is 3.67. The highest BCUT2D eigenvalue weighted by molar-refractivity contribution is 5.86. The van der Waals surface area contributed by atoms with Crippen LogP contribution in [-0.4, -0.2) is 39.1 Å². The fraction of sp³-hybridized carbons (Fsp3) is 0.417. The lowest BCUT2D eigenvalue weighted by Gasteiger charge is -2.28. The Bertz CT molecular complexity index is 1030. The molecule has 1 N–H and O–H groups in total. The van der Waals surface area contributed by atoms with Crippen molar-refractivity contribution in [2.45, 2.75) is 45.7 Å². The molecule has 2 unspecified atom stereocenters. The molecule has 0 radical (unpaired) electrons. The molecular weight excluding hydrogens is 362 g/mol. The number of carbonyl (C=O) groups is 1. The summed E-state index contributed by atoms with van der Waals surface area (Å²) in [4.78, 5) is 18.7. The van der Waals surface area contributed by atoms with Gasteiger partial charge in [-0.1, -0.05) is 24.6 Å². The van der Waals surface area contributed by atoms with Gasteiger partial charge in [-0.2, -0.15) is 0 Å². The number of fused-ring (bicyclic) bond motifs is 3. The molecule has 5 heteroatoms. The molecule has 1 aliphatic heterocycles. The second-order valence-electron chi connectivity index (χ2n) is 8.29. The maximum absolute atomic E-state index is 12.1. The van der Waals surface area contributed by atoms with Gasteiger partial charge in [-0.15, -0.1) is 0 Å². The van der Waals surface area contributed by atoms with Crippen LogP contribution in [0.1, 0.15) is 41.6 Å². The van der Waals surface area contributed by atoms with Crippen LogP contribution in [0.3, 0.4) is 0 Å². The van der Waals surface area contributed by atoms with Crippen molar-refractivity contribution in [1.82, 2.24) is 14.5 Å². The molecule has 0 bridgehead atoms. The standard InChI is InChI=1S/C24H29N3O2/c1-4-18(24(28)29)20(17-6-5-10-25-13-17)15-27-22-8-7-16(2)12-19(22)21-14-26(3)11-9-23(21)27/h5-8,10,12-13,18,20H,4,9,11,14-15H2,1-3H3,(H,28,29). The maximum atomic E-state index is 12.1. The summed E-state index contributed by atoms with van der Waals surface area (Å²) in [6.45, 7) is 6.72. The summed E-state index contributed by atoms with van der Waals surface area (Å²) in [5.41, 5.74) is 6.22. The SMILES string of the molecule is CCC(C(=O)O)C(Cn1c2c(c3cc(C)ccc31)CN(C)CC2)c1cccnc1. The van der Waals surface area contributed by atoms with Crippen LogP contribution in [0.2, 0.25) is 0 Å². The normalized spacial score (nSPS) is 16.5. The van der Waals surface area contributed by atoms with Crippen molar-refractivity contribution in [3.05, 3.63) is 65.1 Å². The van der Waals surface area contributed by atoms with Crippen LogP contribution in [-0.2, 0) is 24.3 Å². The van der Waals surface area contributed by atoms with Crippen molar-refractivity contribution in [2.75, 3.05) is 13.6 Å². The van der Waals surface area contributed by atoms with Gasteiger partial charge in [0.15, 0.2) is 0 Å². The molecule has 0 saturated heterocycles. The zero-order valence-electron chi connectivity index (χ0n) is 17.4. The van der Waals surface area contributed by atoms with Crippen molar-refractivity contribution in [1.29, 1.82) is 0 Å². The van der Waals surface area contributed by atoms with Gasteiger partial charge >= 0.3 is 5.97 Å². The molecular formula is C24H29N3O2. The highest BCUT2D eigenvalue weighted by atomic mass is 16.4. The Labute approximate surface area is 172 Å². The second-order valence-corrected chi connectivity index (χ2v) is 8.29. The number of likely N-dealkylation sites (N-methyl/N-ethyl adjacent to an activating group) is 1. The van der Waals surface area contributed by atoms with E-state index in [0.29, 0.717) is 13.0 Å². The van der Waals surface area contributed by atoms with E-state index >= 15 is 0 Å². The van der Waals surface area contributed by atoms with Crippen molar-refractivity contribution in [2.24, 2.45) is 5.92 Å². The molecule has 2 aromatic heterocycles. The Morgan fingerprint density at radius 2 is 2.14 bits per heavy atom. The number of carboxylic acid groups (broad SMARTS) is 1. The monoisotopic (exact) mass is 391 g/mol. The predicted octanol–water partition coefficient (Wildman–Crippen LogP) is 4.23. The highest BCUT2D eigenvalue weighted by Crippen LogP contribution is 2.36. The molecule has 29 heavy (non-hydrogen) atoms. The molecule has 0 fully saturated rings. The first-order chi connectivity index (χ1) is 14.0. The van der Waals surface area contributed by atoms with E-state index in [1.54, 1.807) is 6.20 Å². The Morgan fingerprint density at radius 1 is 1.31 bits per heavy atom. The van der Waals surface area contributed by atoms with Gasteiger partial charge in [0.25, 0.3) is 0 Å². The first-order valence-electron chi connectivity index (χ1n) is 10.4. The fourth-order valence-corrected chi connectivity index (χ4v) is 4.80. The summed E-state index contributed by atoms with van der Waals surface area (Å²) in [6, 6.07) is 10.5. The molecule has 2 atom stereocenters. The Hall–Kier alpha value is -2.66. The molecule has 0 spiro atoms. The summed E-state index contributed by atoms with van der Waals surface area (Å²) < 4.78 is 2.39. The van der Waals surface area contributed by atoms with Gasteiger partial charge in [0.2, 0.25) is 0 Å². The molecule has 1 aromatic carbocycles. The number of nitrogens with zero attached hydrogens (tertiary/aromatic N) is 3. The number of hydrogen-bond acceptors (Lipinski definition) is 3. The van der Waals surface area contributed by atoms with Gasteiger partial charge in [0.1, 0.15) is 0 Å². The van der Waals surface area contributed by atoms with Crippen LogP contribution < -0.4 is 0 Å². The zero-order valence-corrected chi connectivity index (χ0v) is 17.4. The van der Waals surface area contributed by atoms with Crippen molar-refractivity contribution in [3.63, 3.8) is 0 Å². The largest absolute Gasteiger partial charge is 0.481 e.